The minimum Gasteiger partial charge on any atom is -0.324 e. The highest BCUT2D eigenvalue weighted by Gasteiger charge is 2.32. The van der Waals surface area contributed by atoms with Crippen molar-refractivity contribution in [2.45, 2.75) is 12.5 Å². The minimum atomic E-state index is -0.679. The molecule has 3 aromatic rings. The number of rotatable bonds is 3. The molecule has 1 atom stereocenters. The van der Waals surface area contributed by atoms with Gasteiger partial charge in [0, 0.05) is 17.3 Å². The van der Waals surface area contributed by atoms with E-state index in [1.807, 2.05) is 48.5 Å². The van der Waals surface area contributed by atoms with Crippen molar-refractivity contribution in [3.05, 3.63) is 66.7 Å². The molecule has 0 aliphatic carbocycles. The first kappa shape index (κ1) is 15.1. The molecular weight excluding hydrogens is 316 g/mol. The lowest BCUT2D eigenvalue weighted by Gasteiger charge is -2.23. The summed E-state index contributed by atoms with van der Waals surface area (Å²) in [5.41, 5.74) is 2.34. The largest absolute Gasteiger partial charge is 0.324 e. The van der Waals surface area contributed by atoms with E-state index in [-0.39, 0.29) is 18.2 Å². The number of para-hydroxylation sites is 1. The zero-order valence-corrected chi connectivity index (χ0v) is 13.3. The van der Waals surface area contributed by atoms with Gasteiger partial charge in [-0.2, -0.15) is 5.10 Å². The lowest BCUT2D eigenvalue weighted by atomic mass is 10.1. The summed E-state index contributed by atoms with van der Waals surface area (Å²) >= 11 is 0. The molecule has 2 N–H and O–H groups in total. The minimum absolute atomic E-state index is 0.0571. The van der Waals surface area contributed by atoms with E-state index in [1.165, 1.54) is 0 Å². The van der Waals surface area contributed by atoms with Gasteiger partial charge in [-0.15, -0.1) is 0 Å². The van der Waals surface area contributed by atoms with Crippen molar-refractivity contribution in [2.24, 2.45) is 0 Å². The van der Waals surface area contributed by atoms with Gasteiger partial charge in [-0.1, -0.05) is 48.5 Å². The lowest BCUT2D eigenvalue weighted by Crippen LogP contribution is -2.35. The molecule has 0 fully saturated rings. The second kappa shape index (κ2) is 6.24. The van der Waals surface area contributed by atoms with Gasteiger partial charge in [0.1, 0.15) is 11.9 Å². The molecule has 0 bridgehead atoms. The molecule has 25 heavy (non-hydrogen) atoms. The van der Waals surface area contributed by atoms with Crippen molar-refractivity contribution in [1.29, 1.82) is 0 Å². The Kier molecular flexibility index (Phi) is 3.78. The second-order valence-corrected chi connectivity index (χ2v) is 5.85. The Bertz CT molecular complexity index is 919. The third-order valence-electron chi connectivity index (χ3n) is 4.09. The van der Waals surface area contributed by atoms with E-state index in [2.05, 4.69) is 15.7 Å². The number of anilines is 2. The van der Waals surface area contributed by atoms with Crippen molar-refractivity contribution in [3.8, 4) is 11.3 Å². The SMILES string of the molecule is O=C1C[C@@H](C(=O)Nc2ccccc2)n2nc(-c3ccccc3)cc2N1. The highest BCUT2D eigenvalue weighted by atomic mass is 16.2. The molecule has 0 spiro atoms. The van der Waals surface area contributed by atoms with Crippen LogP contribution in [0.4, 0.5) is 11.5 Å². The van der Waals surface area contributed by atoms with Crippen LogP contribution in [0.15, 0.2) is 66.7 Å². The van der Waals surface area contributed by atoms with Crippen LogP contribution in [-0.4, -0.2) is 21.6 Å². The van der Waals surface area contributed by atoms with Gasteiger partial charge in [-0.25, -0.2) is 4.68 Å². The molecule has 0 radical (unpaired) electrons. The summed E-state index contributed by atoms with van der Waals surface area (Å²) in [7, 11) is 0. The van der Waals surface area contributed by atoms with Crippen LogP contribution in [0.5, 0.6) is 0 Å². The molecule has 0 saturated carbocycles. The van der Waals surface area contributed by atoms with Crippen molar-refractivity contribution in [3.63, 3.8) is 0 Å². The first-order valence-electron chi connectivity index (χ1n) is 8.01. The van der Waals surface area contributed by atoms with Crippen LogP contribution in [0.25, 0.3) is 11.3 Å². The first-order valence-corrected chi connectivity index (χ1v) is 8.01. The smallest absolute Gasteiger partial charge is 0.249 e. The Labute approximate surface area is 144 Å². The van der Waals surface area contributed by atoms with Crippen molar-refractivity contribution in [1.82, 2.24) is 9.78 Å². The number of benzene rings is 2. The summed E-state index contributed by atoms with van der Waals surface area (Å²) in [6.45, 7) is 0. The Morgan fingerprint density at radius 1 is 1.08 bits per heavy atom. The van der Waals surface area contributed by atoms with Gasteiger partial charge in [0.25, 0.3) is 0 Å². The topological polar surface area (TPSA) is 76.0 Å². The van der Waals surface area contributed by atoms with E-state index in [9.17, 15) is 9.59 Å². The third kappa shape index (κ3) is 3.01. The van der Waals surface area contributed by atoms with E-state index in [4.69, 9.17) is 0 Å². The normalized spacial score (nSPS) is 16.0. The maximum Gasteiger partial charge on any atom is 0.249 e. The van der Waals surface area contributed by atoms with Crippen LogP contribution < -0.4 is 10.6 Å². The fourth-order valence-corrected chi connectivity index (χ4v) is 2.88. The summed E-state index contributed by atoms with van der Waals surface area (Å²) in [5.74, 6) is 0.0774. The predicted octanol–water partition coefficient (Wildman–Crippen LogP) is 3.07. The number of aromatic nitrogens is 2. The van der Waals surface area contributed by atoms with Crippen LogP contribution in [-0.2, 0) is 9.59 Å². The summed E-state index contributed by atoms with van der Waals surface area (Å²) in [5, 5.41) is 10.2. The van der Waals surface area contributed by atoms with Gasteiger partial charge in [-0.3, -0.25) is 9.59 Å². The summed E-state index contributed by atoms with van der Waals surface area (Å²) in [4.78, 5) is 24.7. The molecule has 1 aromatic heterocycles. The molecule has 1 aliphatic heterocycles. The molecule has 2 amide bonds. The molecule has 0 unspecified atom stereocenters. The van der Waals surface area contributed by atoms with Crippen molar-refractivity contribution >= 4 is 23.3 Å². The standard InChI is InChI=1S/C19H16N4O2/c24-18-12-16(19(25)20-14-9-5-2-6-10-14)23-17(21-18)11-15(22-23)13-7-3-1-4-8-13/h1-11,16H,12H2,(H,20,25)(H,21,24)/t16-/m0/s1. The molecule has 4 rings (SSSR count). The average molecular weight is 332 g/mol. The maximum absolute atomic E-state index is 12.7. The number of amides is 2. The highest BCUT2D eigenvalue weighted by molar-refractivity contribution is 6.01. The predicted molar refractivity (Wildman–Crippen MR) is 95.0 cm³/mol. The molecule has 6 nitrogen and oxygen atoms in total. The number of nitrogens with zero attached hydrogens (tertiary/aromatic N) is 2. The molecule has 1 aliphatic rings. The van der Waals surface area contributed by atoms with Gasteiger partial charge in [0.05, 0.1) is 12.1 Å². The van der Waals surface area contributed by atoms with Gasteiger partial charge in [0.2, 0.25) is 11.8 Å². The van der Waals surface area contributed by atoms with Gasteiger partial charge >= 0.3 is 0 Å². The van der Waals surface area contributed by atoms with E-state index in [0.717, 1.165) is 11.3 Å². The van der Waals surface area contributed by atoms with Crippen LogP contribution in [0.1, 0.15) is 12.5 Å². The maximum atomic E-state index is 12.7. The van der Waals surface area contributed by atoms with Crippen molar-refractivity contribution in [2.75, 3.05) is 10.6 Å². The third-order valence-corrected chi connectivity index (χ3v) is 4.09. The molecule has 2 heterocycles. The van der Waals surface area contributed by atoms with Crippen LogP contribution in [0, 0.1) is 0 Å². The first-order chi connectivity index (χ1) is 12.2. The zero-order valence-electron chi connectivity index (χ0n) is 13.3. The monoisotopic (exact) mass is 332 g/mol. The number of hydrogen-bond acceptors (Lipinski definition) is 3. The number of nitrogens with one attached hydrogen (secondary N) is 2. The number of fused-ring (bicyclic) bond motifs is 1. The molecule has 124 valence electrons. The quantitative estimate of drug-likeness (QED) is 0.774. The zero-order chi connectivity index (χ0) is 17.2. The summed E-state index contributed by atoms with van der Waals surface area (Å²) < 4.78 is 1.59. The Balaban J connectivity index is 1.66. The number of carbonyl (C=O) groups is 2. The van der Waals surface area contributed by atoms with Gasteiger partial charge in [-0.05, 0) is 12.1 Å². The Hall–Kier alpha value is -3.41. The Morgan fingerprint density at radius 3 is 2.48 bits per heavy atom. The Morgan fingerprint density at radius 2 is 1.76 bits per heavy atom. The van der Waals surface area contributed by atoms with Gasteiger partial charge in [0.15, 0.2) is 0 Å². The highest BCUT2D eigenvalue weighted by Crippen LogP contribution is 2.30. The second-order valence-electron chi connectivity index (χ2n) is 5.85. The molecule has 2 aromatic carbocycles. The molecule has 0 saturated heterocycles. The molecular formula is C19H16N4O2. The van der Waals surface area contributed by atoms with Crippen LogP contribution in [0.3, 0.4) is 0 Å². The van der Waals surface area contributed by atoms with Crippen molar-refractivity contribution < 1.29 is 9.59 Å². The van der Waals surface area contributed by atoms with E-state index in [0.29, 0.717) is 11.5 Å². The molecule has 6 heteroatoms. The van der Waals surface area contributed by atoms with E-state index in [1.54, 1.807) is 22.9 Å². The summed E-state index contributed by atoms with van der Waals surface area (Å²) in [6.07, 6.45) is 0.0571. The fraction of sp³-hybridized carbons (Fsp3) is 0.105. The van der Waals surface area contributed by atoms with Crippen LogP contribution >= 0.6 is 0 Å². The van der Waals surface area contributed by atoms with Gasteiger partial charge < -0.3 is 10.6 Å². The number of carbonyl (C=O) groups excluding carboxylic acids is 2. The fourth-order valence-electron chi connectivity index (χ4n) is 2.88. The van der Waals surface area contributed by atoms with Crippen LogP contribution in [0.2, 0.25) is 0 Å². The van der Waals surface area contributed by atoms with E-state index < -0.39 is 6.04 Å². The summed E-state index contributed by atoms with van der Waals surface area (Å²) in [6, 6.07) is 19.9. The van der Waals surface area contributed by atoms with E-state index >= 15 is 0 Å². The number of hydrogen-bond donors (Lipinski definition) is 2. The average Bonchev–Trinajstić information content (AvgIpc) is 3.06. The lowest BCUT2D eigenvalue weighted by molar-refractivity contribution is -0.125.